The minimum atomic E-state index is -0.322. The second-order valence-corrected chi connectivity index (χ2v) is 6.97. The third kappa shape index (κ3) is 4.36. The van der Waals surface area contributed by atoms with Gasteiger partial charge in [-0.2, -0.15) is 5.10 Å². The Balaban J connectivity index is 1.72. The molecule has 0 fully saturated rings. The van der Waals surface area contributed by atoms with Gasteiger partial charge in [-0.15, -0.1) is 0 Å². The van der Waals surface area contributed by atoms with E-state index in [2.05, 4.69) is 15.6 Å². The molecule has 3 aromatic rings. The monoisotopic (exact) mass is 402 g/mol. The molecular weight excluding hydrogens is 380 g/mol. The number of halogens is 1. The molecule has 0 aliphatic carbocycles. The van der Waals surface area contributed by atoms with E-state index < -0.39 is 0 Å². The second kappa shape index (κ2) is 8.48. The number of carbonyl (C=O) groups is 1. The summed E-state index contributed by atoms with van der Waals surface area (Å²) in [5, 5.41) is 11.9. The van der Waals surface area contributed by atoms with Crippen LogP contribution in [0.25, 0.3) is 0 Å². The van der Waals surface area contributed by atoms with Crippen LogP contribution in [0.2, 0.25) is 5.02 Å². The van der Waals surface area contributed by atoms with Crippen molar-refractivity contribution in [3.05, 3.63) is 63.8 Å². The summed E-state index contributed by atoms with van der Waals surface area (Å²) in [6.45, 7) is 8.53. The minimum Gasteiger partial charge on any atom is -0.489 e. The first-order valence-electron chi connectivity index (χ1n) is 9.07. The minimum absolute atomic E-state index is 0.152. The first-order chi connectivity index (χ1) is 13.4. The third-order valence-corrected chi connectivity index (χ3v) is 4.74. The zero-order chi connectivity index (χ0) is 20.3. The quantitative estimate of drug-likeness (QED) is 0.639. The van der Waals surface area contributed by atoms with Crippen molar-refractivity contribution >= 4 is 17.5 Å². The number of amides is 1. The predicted molar refractivity (Wildman–Crippen MR) is 106 cm³/mol. The van der Waals surface area contributed by atoms with Gasteiger partial charge in [-0.3, -0.25) is 9.48 Å². The van der Waals surface area contributed by atoms with E-state index in [-0.39, 0.29) is 24.2 Å². The van der Waals surface area contributed by atoms with Crippen molar-refractivity contribution in [1.29, 1.82) is 0 Å². The molecule has 0 saturated carbocycles. The Bertz CT molecular complexity index is 980. The van der Waals surface area contributed by atoms with Crippen molar-refractivity contribution < 1.29 is 14.1 Å². The van der Waals surface area contributed by atoms with Gasteiger partial charge in [0.25, 0.3) is 5.91 Å². The normalized spacial score (nSPS) is 12.0. The van der Waals surface area contributed by atoms with Gasteiger partial charge in [0.2, 0.25) is 0 Å². The Kier molecular flexibility index (Phi) is 6.04. The number of ether oxygens (including phenoxy) is 1. The molecule has 148 valence electrons. The molecule has 0 bridgehead atoms. The first kappa shape index (κ1) is 19.9. The molecule has 1 aromatic carbocycles. The van der Waals surface area contributed by atoms with E-state index in [4.69, 9.17) is 20.9 Å². The Morgan fingerprint density at radius 1 is 1.39 bits per heavy atom. The lowest BCUT2D eigenvalue weighted by Gasteiger charge is -2.13. The van der Waals surface area contributed by atoms with E-state index >= 15 is 0 Å². The maximum absolute atomic E-state index is 12.8. The Morgan fingerprint density at radius 2 is 2.18 bits per heavy atom. The molecule has 0 aliphatic rings. The summed E-state index contributed by atoms with van der Waals surface area (Å²) in [6.07, 6.45) is 1.94. The standard InChI is InChI=1S/C20H23ClN4O3/c1-5-25-10-17(13(3)23-25)12(2)22-20(26)19-18(14(4)28-24-19)11-27-16-8-6-7-15(21)9-16/h6-10,12H,5,11H2,1-4H3,(H,22,26). The SMILES string of the molecule is CCn1cc(C(C)NC(=O)c2noc(C)c2COc2cccc(Cl)c2)c(C)n1. The number of hydrogen-bond acceptors (Lipinski definition) is 5. The third-order valence-electron chi connectivity index (χ3n) is 4.50. The van der Waals surface area contributed by atoms with Gasteiger partial charge in [0, 0.05) is 23.3 Å². The van der Waals surface area contributed by atoms with Gasteiger partial charge in [0.1, 0.15) is 18.1 Å². The van der Waals surface area contributed by atoms with E-state index in [9.17, 15) is 4.79 Å². The van der Waals surface area contributed by atoms with Crippen molar-refractivity contribution in [3.8, 4) is 5.75 Å². The van der Waals surface area contributed by atoms with Gasteiger partial charge in [0.15, 0.2) is 5.69 Å². The summed E-state index contributed by atoms with van der Waals surface area (Å²) in [5.41, 5.74) is 2.67. The van der Waals surface area contributed by atoms with Crippen molar-refractivity contribution in [2.45, 2.75) is 46.9 Å². The van der Waals surface area contributed by atoms with E-state index in [1.54, 1.807) is 31.2 Å². The molecule has 28 heavy (non-hydrogen) atoms. The fraction of sp³-hybridized carbons (Fsp3) is 0.350. The van der Waals surface area contributed by atoms with Crippen molar-refractivity contribution in [2.24, 2.45) is 0 Å². The van der Waals surface area contributed by atoms with Crippen LogP contribution < -0.4 is 10.1 Å². The van der Waals surface area contributed by atoms with Crippen LogP contribution >= 0.6 is 11.6 Å². The smallest absolute Gasteiger partial charge is 0.274 e. The molecule has 2 heterocycles. The average Bonchev–Trinajstić information content (AvgIpc) is 3.22. The summed E-state index contributed by atoms with van der Waals surface area (Å²) < 4.78 is 12.8. The number of aromatic nitrogens is 3. The topological polar surface area (TPSA) is 82.2 Å². The summed E-state index contributed by atoms with van der Waals surface area (Å²) in [5.74, 6) is 0.822. The maximum atomic E-state index is 12.8. The number of benzene rings is 1. The van der Waals surface area contributed by atoms with Gasteiger partial charge >= 0.3 is 0 Å². The Hall–Kier alpha value is -2.80. The van der Waals surface area contributed by atoms with Gasteiger partial charge in [-0.25, -0.2) is 0 Å². The number of aryl methyl sites for hydroxylation is 3. The molecule has 1 atom stereocenters. The van der Waals surface area contributed by atoms with Crippen LogP contribution in [-0.4, -0.2) is 20.8 Å². The lowest BCUT2D eigenvalue weighted by atomic mass is 10.1. The predicted octanol–water partition coefficient (Wildman–Crippen LogP) is 4.23. The Morgan fingerprint density at radius 3 is 2.86 bits per heavy atom. The number of rotatable bonds is 7. The number of hydrogen-bond donors (Lipinski definition) is 1. The lowest BCUT2D eigenvalue weighted by molar-refractivity contribution is 0.0928. The van der Waals surface area contributed by atoms with Crippen LogP contribution in [0.15, 0.2) is 35.0 Å². The highest BCUT2D eigenvalue weighted by Gasteiger charge is 2.23. The lowest BCUT2D eigenvalue weighted by Crippen LogP contribution is -2.28. The average molecular weight is 403 g/mol. The van der Waals surface area contributed by atoms with Crippen LogP contribution in [0, 0.1) is 13.8 Å². The van der Waals surface area contributed by atoms with E-state index in [1.807, 2.05) is 31.6 Å². The van der Waals surface area contributed by atoms with E-state index in [1.165, 1.54) is 0 Å². The van der Waals surface area contributed by atoms with Gasteiger partial charge in [0.05, 0.1) is 17.3 Å². The molecule has 1 amide bonds. The zero-order valence-electron chi connectivity index (χ0n) is 16.3. The molecular formula is C20H23ClN4O3. The summed E-state index contributed by atoms with van der Waals surface area (Å²) in [4.78, 5) is 12.8. The number of nitrogens with zero attached hydrogens (tertiary/aromatic N) is 3. The molecule has 0 radical (unpaired) electrons. The second-order valence-electron chi connectivity index (χ2n) is 6.53. The van der Waals surface area contributed by atoms with E-state index in [0.29, 0.717) is 22.1 Å². The largest absolute Gasteiger partial charge is 0.489 e. The molecule has 2 aromatic heterocycles. The van der Waals surface area contributed by atoms with Crippen molar-refractivity contribution in [3.63, 3.8) is 0 Å². The van der Waals surface area contributed by atoms with E-state index in [0.717, 1.165) is 17.8 Å². The summed E-state index contributed by atoms with van der Waals surface area (Å²) in [6, 6.07) is 6.85. The fourth-order valence-electron chi connectivity index (χ4n) is 2.91. The highest BCUT2D eigenvalue weighted by Crippen LogP contribution is 2.22. The highest BCUT2D eigenvalue weighted by atomic mass is 35.5. The molecule has 0 aliphatic heterocycles. The fourth-order valence-corrected chi connectivity index (χ4v) is 3.10. The molecule has 8 heteroatoms. The van der Waals surface area contributed by atoms with Gasteiger partial charge in [-0.1, -0.05) is 22.8 Å². The maximum Gasteiger partial charge on any atom is 0.274 e. The molecule has 1 unspecified atom stereocenters. The number of nitrogens with one attached hydrogen (secondary N) is 1. The zero-order valence-corrected chi connectivity index (χ0v) is 17.1. The Labute approximate surface area is 168 Å². The molecule has 3 rings (SSSR count). The van der Waals surface area contributed by atoms with Crippen LogP contribution in [0.4, 0.5) is 0 Å². The molecule has 0 saturated heterocycles. The summed E-state index contributed by atoms with van der Waals surface area (Å²) in [7, 11) is 0. The highest BCUT2D eigenvalue weighted by molar-refractivity contribution is 6.30. The molecule has 7 nitrogen and oxygen atoms in total. The van der Waals surface area contributed by atoms with Gasteiger partial charge < -0.3 is 14.6 Å². The molecule has 1 N–H and O–H groups in total. The number of carbonyl (C=O) groups excluding carboxylic acids is 1. The summed E-state index contributed by atoms with van der Waals surface area (Å²) >= 11 is 5.98. The van der Waals surface area contributed by atoms with Crippen molar-refractivity contribution in [2.75, 3.05) is 0 Å². The van der Waals surface area contributed by atoms with Crippen LogP contribution in [0.1, 0.15) is 53.0 Å². The van der Waals surface area contributed by atoms with Crippen molar-refractivity contribution in [1.82, 2.24) is 20.3 Å². The van der Waals surface area contributed by atoms with Crippen LogP contribution in [0.5, 0.6) is 5.75 Å². The first-order valence-corrected chi connectivity index (χ1v) is 9.45. The molecule has 0 spiro atoms. The van der Waals surface area contributed by atoms with Crippen LogP contribution in [0.3, 0.4) is 0 Å². The van der Waals surface area contributed by atoms with Gasteiger partial charge in [-0.05, 0) is 45.9 Å². The van der Waals surface area contributed by atoms with Crippen LogP contribution in [-0.2, 0) is 13.2 Å².